The summed E-state index contributed by atoms with van der Waals surface area (Å²) >= 11 is 0. The molecule has 0 bridgehead atoms. The van der Waals surface area contributed by atoms with E-state index in [0.717, 1.165) is 12.1 Å². The topological polar surface area (TPSA) is 78.4 Å². The van der Waals surface area contributed by atoms with Gasteiger partial charge in [0.15, 0.2) is 11.6 Å². The lowest BCUT2D eigenvalue weighted by atomic mass is 10.2. The van der Waals surface area contributed by atoms with E-state index in [9.17, 15) is 18.4 Å². The molecular formula is C11H12F2N2O3. The fraction of sp³-hybridized carbons (Fsp3) is 0.273. The highest BCUT2D eigenvalue weighted by Gasteiger charge is 2.17. The Bertz CT molecular complexity index is 466. The van der Waals surface area contributed by atoms with Crippen LogP contribution in [0.15, 0.2) is 18.2 Å². The molecule has 0 aliphatic rings. The maximum atomic E-state index is 12.8. The molecule has 1 rings (SSSR count). The highest BCUT2D eigenvalue weighted by Crippen LogP contribution is 2.12. The fourth-order valence-corrected chi connectivity index (χ4v) is 1.24. The minimum absolute atomic E-state index is 0.0339. The number of benzene rings is 1. The first-order valence-electron chi connectivity index (χ1n) is 5.19. The molecule has 98 valence electrons. The Balaban J connectivity index is 2.64. The maximum Gasteiger partial charge on any atom is 0.326 e. The zero-order valence-electron chi connectivity index (χ0n) is 9.54. The molecule has 0 spiro atoms. The van der Waals surface area contributed by atoms with Crippen LogP contribution in [0.4, 0.5) is 19.3 Å². The van der Waals surface area contributed by atoms with Gasteiger partial charge in [0.2, 0.25) is 0 Å². The SMILES string of the molecule is CC[C@@H](NC(=O)Nc1ccc(F)c(F)c1)C(=O)O. The first kappa shape index (κ1) is 13.9. The number of hydrogen-bond acceptors (Lipinski definition) is 2. The van der Waals surface area contributed by atoms with E-state index in [1.54, 1.807) is 6.92 Å². The van der Waals surface area contributed by atoms with Gasteiger partial charge in [-0.1, -0.05) is 6.92 Å². The van der Waals surface area contributed by atoms with Crippen LogP contribution in [0, 0.1) is 11.6 Å². The highest BCUT2D eigenvalue weighted by atomic mass is 19.2. The second-order valence-electron chi connectivity index (χ2n) is 3.53. The number of halogens is 2. The summed E-state index contributed by atoms with van der Waals surface area (Å²) in [6.45, 7) is 1.59. The molecule has 2 amide bonds. The second-order valence-corrected chi connectivity index (χ2v) is 3.53. The number of amides is 2. The van der Waals surface area contributed by atoms with Crippen LogP contribution >= 0.6 is 0 Å². The van der Waals surface area contributed by atoms with E-state index in [1.807, 2.05) is 0 Å². The molecular weight excluding hydrogens is 246 g/mol. The predicted octanol–water partition coefficient (Wildman–Crippen LogP) is 1.95. The number of anilines is 1. The molecule has 0 radical (unpaired) electrons. The molecule has 0 aromatic heterocycles. The molecule has 7 heteroatoms. The molecule has 18 heavy (non-hydrogen) atoms. The Morgan fingerprint density at radius 3 is 2.50 bits per heavy atom. The fourth-order valence-electron chi connectivity index (χ4n) is 1.24. The molecule has 1 atom stereocenters. The summed E-state index contributed by atoms with van der Waals surface area (Å²) in [7, 11) is 0. The second kappa shape index (κ2) is 5.95. The van der Waals surface area contributed by atoms with Crippen LogP contribution < -0.4 is 10.6 Å². The first-order valence-corrected chi connectivity index (χ1v) is 5.19. The zero-order valence-corrected chi connectivity index (χ0v) is 9.54. The summed E-state index contributed by atoms with van der Waals surface area (Å²) in [5.41, 5.74) is 0.0339. The summed E-state index contributed by atoms with van der Waals surface area (Å²) in [6.07, 6.45) is 0.209. The molecule has 0 saturated carbocycles. The van der Waals surface area contributed by atoms with Crippen LogP contribution in [0.25, 0.3) is 0 Å². The Hall–Kier alpha value is -2.18. The number of carboxylic acid groups (broad SMARTS) is 1. The number of carbonyl (C=O) groups excluding carboxylic acids is 1. The highest BCUT2D eigenvalue weighted by molar-refractivity contribution is 5.92. The van der Waals surface area contributed by atoms with Crippen molar-refractivity contribution in [1.29, 1.82) is 0 Å². The lowest BCUT2D eigenvalue weighted by Gasteiger charge is -2.13. The standard InChI is InChI=1S/C11H12F2N2O3/c1-2-9(10(16)17)15-11(18)14-6-3-4-7(12)8(13)5-6/h3-5,9H,2H2,1H3,(H,16,17)(H2,14,15,18)/t9-/m1/s1. The number of aliphatic carboxylic acids is 1. The Labute approximate surface area is 102 Å². The van der Waals surface area contributed by atoms with E-state index in [4.69, 9.17) is 5.11 Å². The van der Waals surface area contributed by atoms with Gasteiger partial charge in [0, 0.05) is 11.8 Å². The van der Waals surface area contributed by atoms with E-state index < -0.39 is 29.7 Å². The van der Waals surface area contributed by atoms with Crippen molar-refractivity contribution in [2.45, 2.75) is 19.4 Å². The summed E-state index contributed by atoms with van der Waals surface area (Å²) < 4.78 is 25.5. The smallest absolute Gasteiger partial charge is 0.326 e. The number of carbonyl (C=O) groups is 2. The van der Waals surface area contributed by atoms with Crippen LogP contribution in [-0.4, -0.2) is 23.1 Å². The molecule has 0 fully saturated rings. The number of carboxylic acids is 1. The van der Waals surface area contributed by atoms with Gasteiger partial charge in [0.25, 0.3) is 0 Å². The summed E-state index contributed by atoms with van der Waals surface area (Å²) in [4.78, 5) is 22.0. The quantitative estimate of drug-likeness (QED) is 0.772. The van der Waals surface area contributed by atoms with Crippen molar-refractivity contribution in [3.63, 3.8) is 0 Å². The summed E-state index contributed by atoms with van der Waals surface area (Å²) in [5.74, 6) is -3.30. The van der Waals surface area contributed by atoms with Crippen molar-refractivity contribution in [3.8, 4) is 0 Å². The molecule has 1 aromatic carbocycles. The van der Waals surface area contributed by atoms with Crippen molar-refractivity contribution in [2.24, 2.45) is 0 Å². The van der Waals surface area contributed by atoms with Crippen molar-refractivity contribution >= 4 is 17.7 Å². The molecule has 0 saturated heterocycles. The minimum atomic E-state index is -1.17. The third-order valence-electron chi connectivity index (χ3n) is 2.19. The van der Waals surface area contributed by atoms with Crippen LogP contribution in [0.2, 0.25) is 0 Å². The van der Waals surface area contributed by atoms with Crippen molar-refractivity contribution in [3.05, 3.63) is 29.8 Å². The normalized spacial score (nSPS) is 11.7. The van der Waals surface area contributed by atoms with Gasteiger partial charge in [0.05, 0.1) is 0 Å². The molecule has 1 aromatic rings. The molecule has 0 unspecified atom stereocenters. The van der Waals surface area contributed by atoms with Crippen molar-refractivity contribution in [2.75, 3.05) is 5.32 Å². The Kier molecular flexibility index (Phi) is 4.59. The van der Waals surface area contributed by atoms with Gasteiger partial charge < -0.3 is 15.7 Å². The van der Waals surface area contributed by atoms with Crippen LogP contribution in [0.3, 0.4) is 0 Å². The summed E-state index contributed by atoms with van der Waals surface area (Å²) in [5, 5.41) is 13.1. The Morgan fingerprint density at radius 1 is 1.33 bits per heavy atom. The zero-order chi connectivity index (χ0) is 13.7. The van der Waals surface area contributed by atoms with Gasteiger partial charge >= 0.3 is 12.0 Å². The van der Waals surface area contributed by atoms with Crippen LogP contribution in [0.5, 0.6) is 0 Å². The molecule has 0 aliphatic heterocycles. The van der Waals surface area contributed by atoms with Gasteiger partial charge in [-0.2, -0.15) is 0 Å². The Morgan fingerprint density at radius 2 is 2.00 bits per heavy atom. The number of hydrogen-bond donors (Lipinski definition) is 3. The van der Waals surface area contributed by atoms with Gasteiger partial charge in [-0.3, -0.25) is 0 Å². The van der Waals surface area contributed by atoms with E-state index in [-0.39, 0.29) is 12.1 Å². The van der Waals surface area contributed by atoms with Gasteiger partial charge in [-0.25, -0.2) is 18.4 Å². The number of rotatable bonds is 4. The minimum Gasteiger partial charge on any atom is -0.480 e. The van der Waals surface area contributed by atoms with E-state index in [1.165, 1.54) is 6.07 Å². The van der Waals surface area contributed by atoms with E-state index >= 15 is 0 Å². The number of nitrogens with one attached hydrogen (secondary N) is 2. The van der Waals surface area contributed by atoms with Gasteiger partial charge in [-0.15, -0.1) is 0 Å². The largest absolute Gasteiger partial charge is 0.480 e. The summed E-state index contributed by atoms with van der Waals surface area (Å²) in [6, 6.07) is 1.00. The van der Waals surface area contributed by atoms with Gasteiger partial charge in [-0.05, 0) is 18.6 Å². The molecule has 0 aliphatic carbocycles. The van der Waals surface area contributed by atoms with Crippen LogP contribution in [-0.2, 0) is 4.79 Å². The van der Waals surface area contributed by atoms with Crippen molar-refractivity contribution < 1.29 is 23.5 Å². The maximum absolute atomic E-state index is 12.8. The van der Waals surface area contributed by atoms with Crippen LogP contribution in [0.1, 0.15) is 13.3 Å². The van der Waals surface area contributed by atoms with Gasteiger partial charge in [0.1, 0.15) is 6.04 Å². The average molecular weight is 258 g/mol. The predicted molar refractivity (Wildman–Crippen MR) is 60.2 cm³/mol. The number of urea groups is 1. The third kappa shape index (κ3) is 3.69. The third-order valence-corrected chi connectivity index (χ3v) is 2.19. The van der Waals surface area contributed by atoms with Crippen molar-refractivity contribution in [1.82, 2.24) is 5.32 Å². The lowest BCUT2D eigenvalue weighted by Crippen LogP contribution is -2.42. The first-order chi connectivity index (χ1) is 8.43. The average Bonchev–Trinajstić information content (AvgIpc) is 2.30. The molecule has 5 nitrogen and oxygen atoms in total. The molecule has 0 heterocycles. The lowest BCUT2D eigenvalue weighted by molar-refractivity contribution is -0.139. The molecule has 3 N–H and O–H groups in total. The van der Waals surface area contributed by atoms with E-state index in [2.05, 4.69) is 10.6 Å². The monoisotopic (exact) mass is 258 g/mol. The van der Waals surface area contributed by atoms with E-state index in [0.29, 0.717) is 0 Å².